The van der Waals surface area contributed by atoms with Gasteiger partial charge in [0.25, 0.3) is 5.91 Å². The zero-order valence-corrected chi connectivity index (χ0v) is 9.10. The minimum absolute atomic E-state index is 0.230. The van der Waals surface area contributed by atoms with Gasteiger partial charge in [-0.3, -0.25) is 10.1 Å². The maximum absolute atomic E-state index is 11.3. The van der Waals surface area contributed by atoms with E-state index in [4.69, 9.17) is 0 Å². The summed E-state index contributed by atoms with van der Waals surface area (Å²) in [6.45, 7) is 3.98. The fraction of sp³-hybridized carbons (Fsp3) is 0.556. The first-order valence-electron chi connectivity index (χ1n) is 5.08. The van der Waals surface area contributed by atoms with Crippen molar-refractivity contribution >= 4 is 11.9 Å². The van der Waals surface area contributed by atoms with E-state index in [1.165, 1.54) is 0 Å². The number of urea groups is 1. The predicted octanol–water partition coefficient (Wildman–Crippen LogP) is -0.390. The molecule has 7 nitrogen and oxygen atoms in total. The van der Waals surface area contributed by atoms with E-state index in [-0.39, 0.29) is 11.9 Å². The highest BCUT2D eigenvalue weighted by molar-refractivity contribution is 6.04. The van der Waals surface area contributed by atoms with Gasteiger partial charge < -0.3 is 5.32 Å². The summed E-state index contributed by atoms with van der Waals surface area (Å²) in [5.41, 5.74) is 0.691. The van der Waals surface area contributed by atoms with Gasteiger partial charge in [0.2, 0.25) is 0 Å². The second-order valence-corrected chi connectivity index (χ2v) is 4.00. The van der Waals surface area contributed by atoms with Crippen LogP contribution in [0.3, 0.4) is 0 Å². The average molecular weight is 223 g/mol. The van der Waals surface area contributed by atoms with Crippen molar-refractivity contribution < 1.29 is 9.59 Å². The number of carbonyl (C=O) groups is 2. The van der Waals surface area contributed by atoms with Crippen LogP contribution in [-0.4, -0.2) is 33.0 Å². The van der Waals surface area contributed by atoms with Crippen LogP contribution in [-0.2, 0) is 11.2 Å². The van der Waals surface area contributed by atoms with Crippen molar-refractivity contribution in [3.63, 3.8) is 0 Å². The van der Waals surface area contributed by atoms with Crippen LogP contribution in [0.25, 0.3) is 0 Å². The number of rotatable bonds is 3. The minimum atomic E-state index is -0.537. The van der Waals surface area contributed by atoms with Crippen LogP contribution in [0.1, 0.15) is 25.6 Å². The Labute approximate surface area is 92.2 Å². The molecule has 1 aliphatic heterocycles. The van der Waals surface area contributed by atoms with Crippen molar-refractivity contribution in [1.29, 1.82) is 0 Å². The number of carbonyl (C=O) groups excluding carboxylic acids is 2. The number of hydrogen-bond acceptors (Lipinski definition) is 4. The third-order valence-electron chi connectivity index (χ3n) is 2.36. The SMILES string of the molecule is CC(C)n1cc(C[C@H]2NC(=O)NC2=O)nn1. The molecule has 0 aliphatic carbocycles. The fourth-order valence-electron chi connectivity index (χ4n) is 1.47. The van der Waals surface area contributed by atoms with Crippen molar-refractivity contribution in [2.75, 3.05) is 0 Å². The van der Waals surface area contributed by atoms with E-state index in [1.54, 1.807) is 10.9 Å². The number of imide groups is 1. The highest BCUT2D eigenvalue weighted by atomic mass is 16.2. The van der Waals surface area contributed by atoms with Gasteiger partial charge in [-0.25, -0.2) is 9.48 Å². The van der Waals surface area contributed by atoms with Gasteiger partial charge in [-0.2, -0.15) is 0 Å². The molecule has 3 amide bonds. The lowest BCUT2D eigenvalue weighted by molar-refractivity contribution is -0.120. The summed E-state index contributed by atoms with van der Waals surface area (Å²) in [5, 5.41) is 12.6. The molecule has 0 aromatic carbocycles. The highest BCUT2D eigenvalue weighted by Crippen LogP contribution is 2.06. The van der Waals surface area contributed by atoms with Gasteiger partial charge in [-0.15, -0.1) is 5.10 Å². The molecule has 2 rings (SSSR count). The molecule has 1 fully saturated rings. The first kappa shape index (κ1) is 10.6. The quantitative estimate of drug-likeness (QED) is 0.683. The molecule has 1 aliphatic rings. The molecule has 1 aromatic heterocycles. The molecular formula is C9H13N5O2. The van der Waals surface area contributed by atoms with E-state index in [2.05, 4.69) is 20.9 Å². The lowest BCUT2D eigenvalue weighted by Gasteiger charge is -2.03. The third-order valence-corrected chi connectivity index (χ3v) is 2.36. The number of aromatic nitrogens is 3. The second kappa shape index (κ2) is 3.92. The molecule has 86 valence electrons. The molecule has 7 heteroatoms. The molecule has 1 saturated heterocycles. The maximum Gasteiger partial charge on any atom is 0.322 e. The topological polar surface area (TPSA) is 88.9 Å². The summed E-state index contributed by atoms with van der Waals surface area (Å²) in [5.74, 6) is -0.316. The van der Waals surface area contributed by atoms with Crippen LogP contribution >= 0.6 is 0 Å². The first-order valence-corrected chi connectivity index (χ1v) is 5.08. The van der Waals surface area contributed by atoms with Gasteiger partial charge >= 0.3 is 6.03 Å². The number of amides is 3. The summed E-state index contributed by atoms with van der Waals surface area (Å²) < 4.78 is 1.71. The second-order valence-electron chi connectivity index (χ2n) is 4.00. The van der Waals surface area contributed by atoms with Crippen molar-refractivity contribution in [3.8, 4) is 0 Å². The predicted molar refractivity (Wildman–Crippen MR) is 54.6 cm³/mol. The van der Waals surface area contributed by atoms with Crippen molar-refractivity contribution in [1.82, 2.24) is 25.6 Å². The molecule has 1 aromatic rings. The average Bonchev–Trinajstić information content (AvgIpc) is 2.75. The zero-order chi connectivity index (χ0) is 11.7. The van der Waals surface area contributed by atoms with E-state index in [9.17, 15) is 9.59 Å². The number of nitrogens with one attached hydrogen (secondary N) is 2. The molecule has 0 saturated carbocycles. The smallest absolute Gasteiger partial charge is 0.322 e. The van der Waals surface area contributed by atoms with Crippen molar-refractivity contribution in [3.05, 3.63) is 11.9 Å². The van der Waals surface area contributed by atoms with Gasteiger partial charge in [-0.05, 0) is 13.8 Å². The third kappa shape index (κ3) is 2.02. The minimum Gasteiger partial charge on any atom is -0.326 e. The Hall–Kier alpha value is -1.92. The largest absolute Gasteiger partial charge is 0.326 e. The Morgan fingerprint density at radius 1 is 1.50 bits per heavy atom. The lowest BCUT2D eigenvalue weighted by Crippen LogP contribution is -2.31. The lowest BCUT2D eigenvalue weighted by atomic mass is 10.2. The van der Waals surface area contributed by atoms with Crippen LogP contribution in [0.15, 0.2) is 6.20 Å². The fourth-order valence-corrected chi connectivity index (χ4v) is 1.47. The molecule has 16 heavy (non-hydrogen) atoms. The van der Waals surface area contributed by atoms with Gasteiger partial charge in [-0.1, -0.05) is 5.21 Å². The van der Waals surface area contributed by atoms with Crippen molar-refractivity contribution in [2.45, 2.75) is 32.4 Å². The number of nitrogens with zero attached hydrogens (tertiary/aromatic N) is 3. The maximum atomic E-state index is 11.3. The summed E-state index contributed by atoms with van der Waals surface area (Å²) in [6.07, 6.45) is 2.15. The summed E-state index contributed by atoms with van der Waals surface area (Å²) >= 11 is 0. The molecule has 0 unspecified atom stereocenters. The summed E-state index contributed by atoms with van der Waals surface area (Å²) in [6, 6.07) is -0.760. The van der Waals surface area contributed by atoms with Crippen LogP contribution in [0.4, 0.5) is 4.79 Å². The molecule has 1 atom stereocenters. The molecule has 2 N–H and O–H groups in total. The molecule has 0 radical (unpaired) electrons. The van der Waals surface area contributed by atoms with E-state index >= 15 is 0 Å². The zero-order valence-electron chi connectivity index (χ0n) is 9.10. The Kier molecular flexibility index (Phi) is 2.59. The summed E-state index contributed by atoms with van der Waals surface area (Å²) in [7, 11) is 0. The Balaban J connectivity index is 2.04. The highest BCUT2D eigenvalue weighted by Gasteiger charge is 2.30. The van der Waals surface area contributed by atoms with Crippen LogP contribution in [0, 0.1) is 0 Å². The molecule has 0 spiro atoms. The monoisotopic (exact) mass is 223 g/mol. The standard InChI is InChI=1S/C9H13N5O2/c1-5(2)14-4-6(12-13-14)3-7-8(15)11-9(16)10-7/h4-5,7H,3H2,1-2H3,(H2,10,11,15,16)/t7-/m1/s1. The Morgan fingerprint density at radius 3 is 2.75 bits per heavy atom. The van der Waals surface area contributed by atoms with E-state index in [0.29, 0.717) is 12.1 Å². The normalized spacial score (nSPS) is 20.1. The van der Waals surface area contributed by atoms with Gasteiger partial charge in [0.05, 0.1) is 5.69 Å². The van der Waals surface area contributed by atoms with Crippen molar-refractivity contribution in [2.24, 2.45) is 0 Å². The van der Waals surface area contributed by atoms with Crippen LogP contribution in [0.5, 0.6) is 0 Å². The molecular weight excluding hydrogens is 210 g/mol. The van der Waals surface area contributed by atoms with Crippen LogP contribution < -0.4 is 10.6 Å². The van der Waals surface area contributed by atoms with Gasteiger partial charge in [0.1, 0.15) is 6.04 Å². The Bertz CT molecular complexity index is 425. The van der Waals surface area contributed by atoms with Gasteiger partial charge in [0.15, 0.2) is 0 Å². The van der Waals surface area contributed by atoms with Crippen LogP contribution in [0.2, 0.25) is 0 Å². The molecule has 2 heterocycles. The Morgan fingerprint density at radius 2 is 2.25 bits per heavy atom. The van der Waals surface area contributed by atoms with E-state index < -0.39 is 12.1 Å². The van der Waals surface area contributed by atoms with E-state index in [0.717, 1.165) is 0 Å². The summed E-state index contributed by atoms with van der Waals surface area (Å²) in [4.78, 5) is 22.2. The number of hydrogen-bond donors (Lipinski definition) is 2. The van der Waals surface area contributed by atoms with Gasteiger partial charge in [0, 0.05) is 18.7 Å². The molecule has 0 bridgehead atoms. The van der Waals surface area contributed by atoms with E-state index in [1.807, 2.05) is 13.8 Å². The first-order chi connectivity index (χ1) is 7.56.